The van der Waals surface area contributed by atoms with E-state index in [1.165, 1.54) is 11.8 Å². The van der Waals surface area contributed by atoms with E-state index in [1.54, 1.807) is 12.1 Å². The Labute approximate surface area is 199 Å². The van der Waals surface area contributed by atoms with Crippen LogP contribution in [0.25, 0.3) is 0 Å². The van der Waals surface area contributed by atoms with E-state index in [9.17, 15) is 4.79 Å². The average Bonchev–Trinajstić information content (AvgIpc) is 2.82. The molecule has 7 heteroatoms. The summed E-state index contributed by atoms with van der Waals surface area (Å²) in [6.07, 6.45) is 4.55. The number of halogens is 1. The van der Waals surface area contributed by atoms with Crippen molar-refractivity contribution in [3.63, 3.8) is 0 Å². The third kappa shape index (κ3) is 5.82. The number of piperidine rings is 1. The van der Waals surface area contributed by atoms with Gasteiger partial charge in [-0.1, -0.05) is 41.9 Å². The van der Waals surface area contributed by atoms with Gasteiger partial charge in [0.05, 0.1) is 10.6 Å². The number of hydrogen-bond acceptors (Lipinski definition) is 5. The number of nitrogens with zero attached hydrogens (tertiary/aromatic N) is 1. The standard InChI is InChI=1S/C25H27ClN4OS/c26-19-9-10-24(28-16-19)30-25(31)20-6-2-3-7-21(20)29-22(17-11-13-27-14-12-17)15-18-5-1-4-8-23(18)32/h1-10,16-17,22,27,29,32H,11-15H2,(H,28,30,31). The Morgan fingerprint density at radius 3 is 2.59 bits per heavy atom. The topological polar surface area (TPSA) is 66.0 Å². The van der Waals surface area contributed by atoms with E-state index >= 15 is 0 Å². The Morgan fingerprint density at radius 1 is 1.09 bits per heavy atom. The van der Waals surface area contributed by atoms with E-state index in [0.29, 0.717) is 22.3 Å². The molecule has 5 nitrogen and oxygen atoms in total. The van der Waals surface area contributed by atoms with E-state index in [4.69, 9.17) is 11.6 Å². The second kappa shape index (κ2) is 10.9. The van der Waals surface area contributed by atoms with Crippen molar-refractivity contribution >= 4 is 41.6 Å². The lowest BCUT2D eigenvalue weighted by Crippen LogP contribution is -2.39. The molecule has 32 heavy (non-hydrogen) atoms. The summed E-state index contributed by atoms with van der Waals surface area (Å²) in [4.78, 5) is 18.2. The van der Waals surface area contributed by atoms with E-state index in [-0.39, 0.29) is 11.9 Å². The van der Waals surface area contributed by atoms with Crippen molar-refractivity contribution in [1.29, 1.82) is 0 Å². The van der Waals surface area contributed by atoms with Gasteiger partial charge in [-0.25, -0.2) is 4.98 Å². The fourth-order valence-electron chi connectivity index (χ4n) is 4.14. The first-order chi connectivity index (χ1) is 15.6. The first-order valence-corrected chi connectivity index (χ1v) is 11.7. The number of pyridine rings is 1. The maximum Gasteiger partial charge on any atom is 0.258 e. The van der Waals surface area contributed by atoms with Crippen molar-refractivity contribution in [3.05, 3.63) is 83.0 Å². The van der Waals surface area contributed by atoms with Gasteiger partial charge in [0.2, 0.25) is 0 Å². The van der Waals surface area contributed by atoms with Gasteiger partial charge in [-0.3, -0.25) is 4.79 Å². The maximum atomic E-state index is 13.0. The van der Waals surface area contributed by atoms with Crippen LogP contribution in [0, 0.1) is 5.92 Å². The molecule has 3 aromatic rings. The Hall–Kier alpha value is -2.54. The highest BCUT2D eigenvalue weighted by Gasteiger charge is 2.25. The van der Waals surface area contributed by atoms with Crippen LogP contribution in [0.4, 0.5) is 11.5 Å². The average molecular weight is 467 g/mol. The molecule has 0 radical (unpaired) electrons. The fourth-order valence-corrected chi connectivity index (χ4v) is 4.51. The molecule has 1 aliphatic heterocycles. The molecule has 1 aliphatic rings. The van der Waals surface area contributed by atoms with Crippen LogP contribution in [0.3, 0.4) is 0 Å². The monoisotopic (exact) mass is 466 g/mol. The zero-order valence-electron chi connectivity index (χ0n) is 17.7. The summed E-state index contributed by atoms with van der Waals surface area (Å²) in [5.41, 5.74) is 2.61. The first-order valence-electron chi connectivity index (χ1n) is 10.9. The molecule has 0 aliphatic carbocycles. The number of aromatic nitrogens is 1. The number of carbonyl (C=O) groups excluding carboxylic acids is 1. The van der Waals surface area contributed by atoms with E-state index in [0.717, 1.165) is 42.9 Å². The van der Waals surface area contributed by atoms with Gasteiger partial charge in [0.15, 0.2) is 0 Å². The van der Waals surface area contributed by atoms with Crippen molar-refractivity contribution in [1.82, 2.24) is 10.3 Å². The minimum Gasteiger partial charge on any atom is -0.381 e. The number of benzene rings is 2. The van der Waals surface area contributed by atoms with Crippen molar-refractivity contribution in [2.75, 3.05) is 23.7 Å². The lowest BCUT2D eigenvalue weighted by Gasteiger charge is -2.33. The van der Waals surface area contributed by atoms with E-state index in [2.05, 4.69) is 45.7 Å². The zero-order valence-corrected chi connectivity index (χ0v) is 19.4. The Balaban J connectivity index is 1.57. The smallest absolute Gasteiger partial charge is 0.258 e. The third-order valence-corrected chi connectivity index (χ3v) is 6.53. The zero-order chi connectivity index (χ0) is 22.3. The molecule has 1 unspecified atom stereocenters. The largest absolute Gasteiger partial charge is 0.381 e. The Kier molecular flexibility index (Phi) is 7.68. The van der Waals surface area contributed by atoms with Crippen molar-refractivity contribution in [2.45, 2.75) is 30.2 Å². The van der Waals surface area contributed by atoms with Crippen LogP contribution in [0.2, 0.25) is 5.02 Å². The van der Waals surface area contributed by atoms with Crippen LogP contribution in [-0.4, -0.2) is 30.0 Å². The number of para-hydroxylation sites is 1. The Morgan fingerprint density at radius 2 is 1.84 bits per heavy atom. The number of nitrogens with one attached hydrogen (secondary N) is 3. The molecule has 1 aromatic heterocycles. The summed E-state index contributed by atoms with van der Waals surface area (Å²) in [7, 11) is 0. The van der Waals surface area contributed by atoms with Crippen molar-refractivity contribution in [3.8, 4) is 0 Å². The summed E-state index contributed by atoms with van der Waals surface area (Å²) < 4.78 is 0. The van der Waals surface area contributed by atoms with E-state index in [1.807, 2.05) is 36.4 Å². The molecule has 1 amide bonds. The summed E-state index contributed by atoms with van der Waals surface area (Å²) in [6.45, 7) is 2.02. The molecule has 1 saturated heterocycles. The van der Waals surface area contributed by atoms with Crippen LogP contribution in [0.1, 0.15) is 28.8 Å². The minimum absolute atomic E-state index is 0.188. The third-order valence-electron chi connectivity index (χ3n) is 5.87. The van der Waals surface area contributed by atoms with Gasteiger partial charge in [-0.15, -0.1) is 12.6 Å². The summed E-state index contributed by atoms with van der Waals surface area (Å²) in [6, 6.07) is 19.4. The molecule has 166 valence electrons. The second-order valence-electron chi connectivity index (χ2n) is 8.03. The molecule has 0 bridgehead atoms. The normalized spacial score (nSPS) is 15.2. The number of thiol groups is 1. The van der Waals surface area contributed by atoms with Gasteiger partial charge in [0, 0.05) is 22.8 Å². The molecular weight excluding hydrogens is 440 g/mol. The SMILES string of the molecule is O=C(Nc1ccc(Cl)cn1)c1ccccc1NC(Cc1ccccc1S)C1CCNCC1. The number of anilines is 2. The van der Waals surface area contributed by atoms with Gasteiger partial charge in [0.25, 0.3) is 5.91 Å². The summed E-state index contributed by atoms with van der Waals surface area (Å²) in [5.74, 6) is 0.757. The molecule has 2 heterocycles. The molecule has 1 fully saturated rings. The first kappa shape index (κ1) is 22.6. The summed E-state index contributed by atoms with van der Waals surface area (Å²) in [5, 5.41) is 10.5. The maximum absolute atomic E-state index is 13.0. The molecule has 2 aromatic carbocycles. The highest BCUT2D eigenvalue weighted by Crippen LogP contribution is 2.27. The molecule has 0 spiro atoms. The van der Waals surface area contributed by atoms with Crippen LogP contribution in [-0.2, 0) is 6.42 Å². The van der Waals surface area contributed by atoms with Crippen LogP contribution in [0.15, 0.2) is 71.8 Å². The highest BCUT2D eigenvalue weighted by atomic mass is 35.5. The quantitative estimate of drug-likeness (QED) is 0.357. The van der Waals surface area contributed by atoms with Crippen LogP contribution < -0.4 is 16.0 Å². The fraction of sp³-hybridized carbons (Fsp3) is 0.280. The Bertz CT molecular complexity index is 1050. The van der Waals surface area contributed by atoms with Crippen molar-refractivity contribution < 1.29 is 4.79 Å². The van der Waals surface area contributed by atoms with Gasteiger partial charge < -0.3 is 16.0 Å². The predicted octanol–water partition coefficient (Wildman–Crippen LogP) is 5.30. The molecular formula is C25H27ClN4OS. The number of carbonyl (C=O) groups is 1. The van der Waals surface area contributed by atoms with Crippen LogP contribution in [0.5, 0.6) is 0 Å². The molecule has 0 saturated carbocycles. The van der Waals surface area contributed by atoms with Gasteiger partial charge in [-0.2, -0.15) is 0 Å². The summed E-state index contributed by atoms with van der Waals surface area (Å²) >= 11 is 10.6. The molecule has 1 atom stereocenters. The number of rotatable bonds is 7. The number of hydrogen-bond donors (Lipinski definition) is 4. The predicted molar refractivity (Wildman–Crippen MR) is 134 cm³/mol. The minimum atomic E-state index is -0.207. The van der Waals surface area contributed by atoms with Gasteiger partial charge in [0.1, 0.15) is 5.82 Å². The highest BCUT2D eigenvalue weighted by molar-refractivity contribution is 7.80. The van der Waals surface area contributed by atoms with E-state index < -0.39 is 0 Å². The lowest BCUT2D eigenvalue weighted by atomic mass is 9.86. The molecule has 4 rings (SSSR count). The van der Waals surface area contributed by atoms with Gasteiger partial charge in [-0.05, 0) is 74.2 Å². The lowest BCUT2D eigenvalue weighted by molar-refractivity contribution is 0.102. The second-order valence-corrected chi connectivity index (χ2v) is 8.95. The van der Waals surface area contributed by atoms with Crippen LogP contribution >= 0.6 is 24.2 Å². The molecule has 3 N–H and O–H groups in total. The number of amides is 1. The van der Waals surface area contributed by atoms with Gasteiger partial charge >= 0.3 is 0 Å². The van der Waals surface area contributed by atoms with Crippen molar-refractivity contribution in [2.24, 2.45) is 5.92 Å².